The molecule has 0 unspecified atom stereocenters. The van der Waals surface area contributed by atoms with E-state index in [2.05, 4.69) is 6.07 Å². The fourth-order valence-electron chi connectivity index (χ4n) is 2.04. The molecule has 0 amide bonds. The van der Waals surface area contributed by atoms with Crippen molar-refractivity contribution < 1.29 is 9.53 Å². The van der Waals surface area contributed by atoms with E-state index in [1.165, 1.54) is 4.70 Å². The number of fused-ring (bicyclic) bond motifs is 1. The van der Waals surface area contributed by atoms with Gasteiger partial charge in [0.15, 0.2) is 0 Å². The van der Waals surface area contributed by atoms with Gasteiger partial charge < -0.3 is 4.74 Å². The Hall–Kier alpha value is -1.10. The van der Waals surface area contributed by atoms with Crippen molar-refractivity contribution in [3.05, 3.63) is 34.2 Å². The predicted octanol–water partition coefficient (Wildman–Crippen LogP) is 3.94. The van der Waals surface area contributed by atoms with E-state index in [1.54, 1.807) is 11.3 Å². The SMILES string of the molecule is CCOC(=O)CN(CC)Cc1sc2ccccc2c1Cl. The van der Waals surface area contributed by atoms with Gasteiger partial charge in [-0.25, -0.2) is 0 Å². The Labute approximate surface area is 128 Å². The zero-order valence-corrected chi connectivity index (χ0v) is 13.3. The molecule has 2 aromatic rings. The summed E-state index contributed by atoms with van der Waals surface area (Å²) in [6.45, 7) is 6.02. The first-order valence-electron chi connectivity index (χ1n) is 6.69. The van der Waals surface area contributed by atoms with Crippen molar-refractivity contribution in [1.29, 1.82) is 0 Å². The number of nitrogens with zero attached hydrogens (tertiary/aromatic N) is 1. The van der Waals surface area contributed by atoms with Crippen LogP contribution in [0.25, 0.3) is 10.1 Å². The molecule has 0 atom stereocenters. The number of esters is 1. The molecule has 0 saturated heterocycles. The second-order valence-electron chi connectivity index (χ2n) is 4.44. The van der Waals surface area contributed by atoms with Crippen LogP contribution in [0.4, 0.5) is 0 Å². The van der Waals surface area contributed by atoms with Crippen LogP contribution in [0.5, 0.6) is 0 Å². The van der Waals surface area contributed by atoms with Gasteiger partial charge >= 0.3 is 5.97 Å². The Morgan fingerprint density at radius 1 is 1.35 bits per heavy atom. The zero-order valence-electron chi connectivity index (χ0n) is 11.7. The molecule has 20 heavy (non-hydrogen) atoms. The van der Waals surface area contributed by atoms with Crippen molar-refractivity contribution in [3.63, 3.8) is 0 Å². The second kappa shape index (κ2) is 7.07. The van der Waals surface area contributed by atoms with Crippen LogP contribution in [0, 0.1) is 0 Å². The smallest absolute Gasteiger partial charge is 0.320 e. The summed E-state index contributed by atoms with van der Waals surface area (Å²) in [6, 6.07) is 8.09. The van der Waals surface area contributed by atoms with Crippen LogP contribution < -0.4 is 0 Å². The van der Waals surface area contributed by atoms with E-state index in [-0.39, 0.29) is 5.97 Å². The van der Waals surface area contributed by atoms with Gasteiger partial charge in [-0.05, 0) is 19.5 Å². The molecule has 0 aliphatic carbocycles. The standard InChI is InChI=1S/C15H18ClNO2S/c1-3-17(10-14(18)19-4-2)9-13-15(16)11-7-5-6-8-12(11)20-13/h5-8H,3-4,9-10H2,1-2H3. The lowest BCUT2D eigenvalue weighted by Gasteiger charge is -2.18. The fraction of sp³-hybridized carbons (Fsp3) is 0.400. The number of hydrogen-bond acceptors (Lipinski definition) is 4. The summed E-state index contributed by atoms with van der Waals surface area (Å²) in [4.78, 5) is 14.7. The van der Waals surface area contributed by atoms with Crippen LogP contribution in [-0.4, -0.2) is 30.6 Å². The first kappa shape index (κ1) is 15.3. The molecule has 0 N–H and O–H groups in total. The molecule has 0 saturated carbocycles. The number of carbonyl (C=O) groups excluding carboxylic acids is 1. The Balaban J connectivity index is 2.13. The maximum absolute atomic E-state index is 11.6. The Kier molecular flexibility index (Phi) is 5.40. The van der Waals surface area contributed by atoms with E-state index in [0.29, 0.717) is 19.7 Å². The summed E-state index contributed by atoms with van der Waals surface area (Å²) in [6.07, 6.45) is 0. The van der Waals surface area contributed by atoms with Crippen molar-refractivity contribution >= 4 is 39.0 Å². The third-order valence-electron chi connectivity index (χ3n) is 3.07. The molecular weight excluding hydrogens is 294 g/mol. The molecule has 0 aliphatic rings. The highest BCUT2D eigenvalue weighted by molar-refractivity contribution is 7.19. The summed E-state index contributed by atoms with van der Waals surface area (Å²) >= 11 is 8.11. The summed E-state index contributed by atoms with van der Waals surface area (Å²) in [5.74, 6) is -0.188. The van der Waals surface area contributed by atoms with E-state index >= 15 is 0 Å². The van der Waals surface area contributed by atoms with Crippen LogP contribution >= 0.6 is 22.9 Å². The number of ether oxygens (including phenoxy) is 1. The number of rotatable bonds is 6. The van der Waals surface area contributed by atoms with Crippen molar-refractivity contribution in [2.45, 2.75) is 20.4 Å². The van der Waals surface area contributed by atoms with Crippen molar-refractivity contribution in [3.8, 4) is 0 Å². The van der Waals surface area contributed by atoms with Gasteiger partial charge in [-0.2, -0.15) is 0 Å². The summed E-state index contributed by atoms with van der Waals surface area (Å²) in [5.41, 5.74) is 0. The molecule has 108 valence electrons. The molecule has 0 radical (unpaired) electrons. The first-order chi connectivity index (χ1) is 9.65. The average Bonchev–Trinajstić information content (AvgIpc) is 2.75. The van der Waals surface area contributed by atoms with Crippen LogP contribution in [0.15, 0.2) is 24.3 Å². The molecule has 1 aromatic heterocycles. The largest absolute Gasteiger partial charge is 0.465 e. The Bertz CT molecular complexity index is 597. The lowest BCUT2D eigenvalue weighted by atomic mass is 10.2. The second-order valence-corrected chi connectivity index (χ2v) is 5.96. The van der Waals surface area contributed by atoms with E-state index in [4.69, 9.17) is 16.3 Å². The van der Waals surface area contributed by atoms with Crippen molar-refractivity contribution in [1.82, 2.24) is 4.90 Å². The average molecular weight is 312 g/mol. The molecule has 1 heterocycles. The normalized spacial score (nSPS) is 11.2. The molecule has 0 fully saturated rings. The lowest BCUT2D eigenvalue weighted by Crippen LogP contribution is -2.30. The third-order valence-corrected chi connectivity index (χ3v) is 4.77. The van der Waals surface area contributed by atoms with E-state index in [1.807, 2.05) is 36.9 Å². The minimum atomic E-state index is -0.188. The monoisotopic (exact) mass is 311 g/mol. The molecule has 0 aliphatic heterocycles. The fourth-order valence-corrected chi connectivity index (χ4v) is 3.57. The van der Waals surface area contributed by atoms with Crippen molar-refractivity contribution in [2.75, 3.05) is 19.7 Å². The lowest BCUT2D eigenvalue weighted by molar-refractivity contribution is -0.144. The van der Waals surface area contributed by atoms with Gasteiger partial charge in [-0.1, -0.05) is 36.7 Å². The zero-order chi connectivity index (χ0) is 14.5. The number of likely N-dealkylation sites (N-methyl/N-ethyl adjacent to an activating group) is 1. The summed E-state index contributed by atoms with van der Waals surface area (Å²) in [7, 11) is 0. The van der Waals surface area contributed by atoms with Crippen LogP contribution in [0.3, 0.4) is 0 Å². The number of halogens is 1. The Morgan fingerprint density at radius 2 is 2.10 bits per heavy atom. The van der Waals surface area contributed by atoms with Gasteiger partial charge in [0.25, 0.3) is 0 Å². The molecule has 1 aromatic carbocycles. The van der Waals surface area contributed by atoms with Gasteiger partial charge in [-0.3, -0.25) is 9.69 Å². The molecule has 2 rings (SSSR count). The first-order valence-corrected chi connectivity index (χ1v) is 7.89. The number of hydrogen-bond donors (Lipinski definition) is 0. The maximum Gasteiger partial charge on any atom is 0.320 e. The molecule has 0 bridgehead atoms. The maximum atomic E-state index is 11.6. The molecule has 5 heteroatoms. The number of carbonyl (C=O) groups is 1. The molecule has 3 nitrogen and oxygen atoms in total. The van der Waals surface area contributed by atoms with Crippen LogP contribution in [0.1, 0.15) is 18.7 Å². The highest BCUT2D eigenvalue weighted by Crippen LogP contribution is 2.35. The van der Waals surface area contributed by atoms with Gasteiger partial charge in [0, 0.05) is 21.5 Å². The topological polar surface area (TPSA) is 29.5 Å². The minimum absolute atomic E-state index is 0.188. The van der Waals surface area contributed by atoms with E-state index < -0.39 is 0 Å². The van der Waals surface area contributed by atoms with Crippen molar-refractivity contribution in [2.24, 2.45) is 0 Å². The minimum Gasteiger partial charge on any atom is -0.465 e. The van der Waals surface area contributed by atoms with Gasteiger partial charge in [0.1, 0.15) is 0 Å². The van der Waals surface area contributed by atoms with Crippen LogP contribution in [-0.2, 0) is 16.1 Å². The quantitative estimate of drug-likeness (QED) is 0.757. The van der Waals surface area contributed by atoms with Gasteiger partial charge in [0.05, 0.1) is 18.2 Å². The van der Waals surface area contributed by atoms with Gasteiger partial charge in [-0.15, -0.1) is 11.3 Å². The molecular formula is C15H18ClNO2S. The predicted molar refractivity (Wildman–Crippen MR) is 84.4 cm³/mol. The highest BCUT2D eigenvalue weighted by Gasteiger charge is 2.15. The highest BCUT2D eigenvalue weighted by atomic mass is 35.5. The van der Waals surface area contributed by atoms with Crippen LogP contribution in [0.2, 0.25) is 5.02 Å². The summed E-state index contributed by atoms with van der Waals surface area (Å²) < 4.78 is 6.17. The van der Waals surface area contributed by atoms with E-state index in [9.17, 15) is 4.79 Å². The summed E-state index contributed by atoms with van der Waals surface area (Å²) in [5, 5.41) is 1.88. The molecule has 0 spiro atoms. The number of benzene rings is 1. The Morgan fingerprint density at radius 3 is 2.75 bits per heavy atom. The van der Waals surface area contributed by atoms with E-state index in [0.717, 1.165) is 21.8 Å². The number of thiophene rings is 1. The third kappa shape index (κ3) is 3.51. The van der Waals surface area contributed by atoms with Gasteiger partial charge in [0.2, 0.25) is 0 Å².